The molecule has 0 aromatic heterocycles. The van der Waals surface area contributed by atoms with Gasteiger partial charge in [0.25, 0.3) is 0 Å². The molecule has 0 aromatic carbocycles. The Hall–Kier alpha value is -0.820. The summed E-state index contributed by atoms with van der Waals surface area (Å²) in [5.74, 6) is 1.24. The van der Waals surface area contributed by atoms with E-state index in [0.29, 0.717) is 17.3 Å². The average Bonchev–Trinajstić information content (AvgIpc) is 2.48. The lowest BCUT2D eigenvalue weighted by Crippen LogP contribution is -2.49. The van der Waals surface area contributed by atoms with Crippen molar-refractivity contribution in [3.63, 3.8) is 0 Å². The average molecular weight is 390 g/mol. The van der Waals surface area contributed by atoms with Crippen LogP contribution >= 0.6 is 0 Å². The second kappa shape index (κ2) is 9.79. The lowest BCUT2D eigenvalue weighted by molar-refractivity contribution is 0.116. The summed E-state index contributed by atoms with van der Waals surface area (Å²) in [7, 11) is 0. The van der Waals surface area contributed by atoms with Crippen molar-refractivity contribution >= 4 is 0 Å². The highest BCUT2D eigenvalue weighted by atomic mass is 15.0. The largest absolute Gasteiger partial charge is 0.308 e. The van der Waals surface area contributed by atoms with E-state index in [1.54, 1.807) is 0 Å². The van der Waals surface area contributed by atoms with E-state index >= 15 is 0 Å². The van der Waals surface area contributed by atoms with Gasteiger partial charge in [-0.1, -0.05) is 100 Å². The zero-order valence-corrected chi connectivity index (χ0v) is 21.7. The number of hydrogen-bond acceptors (Lipinski definition) is 1. The van der Waals surface area contributed by atoms with Crippen molar-refractivity contribution in [3.05, 3.63) is 35.5 Å². The fourth-order valence-electron chi connectivity index (χ4n) is 3.83. The van der Waals surface area contributed by atoms with Crippen LogP contribution in [0.25, 0.3) is 0 Å². The highest BCUT2D eigenvalue weighted by Gasteiger charge is 2.34. The van der Waals surface area contributed by atoms with Gasteiger partial charge in [0.05, 0.1) is 0 Å². The van der Waals surface area contributed by atoms with Crippen LogP contribution in [0.1, 0.15) is 96.9 Å². The van der Waals surface area contributed by atoms with Gasteiger partial charge in [-0.3, -0.25) is 0 Å². The van der Waals surface area contributed by atoms with E-state index in [0.717, 1.165) is 6.54 Å². The van der Waals surface area contributed by atoms with Crippen molar-refractivity contribution in [2.24, 2.45) is 28.1 Å². The minimum Gasteiger partial charge on any atom is -0.308 e. The van der Waals surface area contributed by atoms with Crippen molar-refractivity contribution in [1.29, 1.82) is 0 Å². The summed E-state index contributed by atoms with van der Waals surface area (Å²) >= 11 is 0. The molecule has 0 spiro atoms. The molecule has 0 saturated carbocycles. The van der Waals surface area contributed by atoms with Crippen molar-refractivity contribution in [2.45, 2.75) is 102 Å². The van der Waals surface area contributed by atoms with Crippen LogP contribution in [0.5, 0.6) is 0 Å². The van der Waals surface area contributed by atoms with Gasteiger partial charge in [0.2, 0.25) is 0 Å². The van der Waals surface area contributed by atoms with E-state index in [1.807, 2.05) is 0 Å². The normalized spacial score (nSPS) is 17.9. The minimum absolute atomic E-state index is 0.105. The van der Waals surface area contributed by atoms with Crippen LogP contribution < -0.4 is 5.32 Å². The molecule has 0 amide bonds. The first kappa shape index (κ1) is 27.2. The van der Waals surface area contributed by atoms with Crippen LogP contribution in [0.3, 0.4) is 0 Å². The van der Waals surface area contributed by atoms with Crippen LogP contribution in [0.4, 0.5) is 0 Å². The fraction of sp³-hybridized carbons (Fsp3) is 0.778. The van der Waals surface area contributed by atoms with Crippen molar-refractivity contribution in [1.82, 2.24) is 5.32 Å². The topological polar surface area (TPSA) is 12.0 Å². The zero-order valence-electron chi connectivity index (χ0n) is 21.7. The molecule has 1 nitrogen and oxygen atoms in total. The number of rotatable bonds is 7. The maximum absolute atomic E-state index is 3.77. The third-order valence-electron chi connectivity index (χ3n) is 6.52. The first-order valence-electron chi connectivity index (χ1n) is 11.1. The van der Waals surface area contributed by atoms with Crippen molar-refractivity contribution in [2.75, 3.05) is 6.54 Å². The van der Waals surface area contributed by atoms with E-state index < -0.39 is 0 Å². The second-order valence-corrected chi connectivity index (χ2v) is 12.3. The number of nitrogens with one attached hydrogen (secondary N) is 1. The molecule has 164 valence electrons. The van der Waals surface area contributed by atoms with Gasteiger partial charge in [0, 0.05) is 12.1 Å². The van der Waals surface area contributed by atoms with E-state index in [-0.39, 0.29) is 16.4 Å². The lowest BCUT2D eigenvalue weighted by atomic mass is 9.68. The molecule has 28 heavy (non-hydrogen) atoms. The fourth-order valence-corrected chi connectivity index (χ4v) is 3.83. The molecule has 2 atom stereocenters. The predicted octanol–water partition coefficient (Wildman–Crippen LogP) is 8.19. The summed E-state index contributed by atoms with van der Waals surface area (Å²) in [6.45, 7) is 33.3. The molecule has 0 radical (unpaired) electrons. The highest BCUT2D eigenvalue weighted by Crippen LogP contribution is 2.40. The van der Waals surface area contributed by atoms with Gasteiger partial charge in [-0.2, -0.15) is 0 Å². The third-order valence-corrected chi connectivity index (χ3v) is 6.52. The predicted molar refractivity (Wildman–Crippen MR) is 130 cm³/mol. The molecule has 0 aliphatic heterocycles. The van der Waals surface area contributed by atoms with Crippen LogP contribution in [0.15, 0.2) is 35.5 Å². The molecule has 2 unspecified atom stereocenters. The van der Waals surface area contributed by atoms with Gasteiger partial charge in [0.15, 0.2) is 0 Å². The van der Waals surface area contributed by atoms with Crippen LogP contribution in [-0.4, -0.2) is 12.1 Å². The summed E-state index contributed by atoms with van der Waals surface area (Å²) < 4.78 is 0. The molecule has 0 rings (SSSR count). The Morgan fingerprint density at radius 3 is 1.57 bits per heavy atom. The van der Waals surface area contributed by atoms with Gasteiger partial charge in [-0.05, 0) is 60.0 Å². The molecule has 1 heteroatoms. The van der Waals surface area contributed by atoms with Crippen LogP contribution in [0.2, 0.25) is 0 Å². The summed E-state index contributed by atoms with van der Waals surface area (Å²) in [4.78, 5) is 0. The maximum atomic E-state index is 3.77. The Morgan fingerprint density at radius 2 is 1.21 bits per heavy atom. The lowest BCUT2D eigenvalue weighted by Gasteiger charge is -2.42. The molecular formula is C27H51N. The quantitative estimate of drug-likeness (QED) is 0.433. The monoisotopic (exact) mass is 389 g/mol. The van der Waals surface area contributed by atoms with Gasteiger partial charge < -0.3 is 5.32 Å². The van der Waals surface area contributed by atoms with E-state index in [2.05, 4.69) is 127 Å². The molecule has 0 fully saturated rings. The van der Waals surface area contributed by atoms with Crippen molar-refractivity contribution in [3.8, 4) is 0 Å². The number of hydrogen-bond donors (Lipinski definition) is 1. The van der Waals surface area contributed by atoms with Gasteiger partial charge in [-0.25, -0.2) is 0 Å². The minimum atomic E-state index is 0.105. The van der Waals surface area contributed by atoms with Gasteiger partial charge >= 0.3 is 0 Å². The van der Waals surface area contributed by atoms with Gasteiger partial charge in [-0.15, -0.1) is 0 Å². The van der Waals surface area contributed by atoms with Crippen molar-refractivity contribution < 1.29 is 0 Å². The standard InChI is InChI=1S/C27H51N/c1-15-22(25(7,8)9)23(26(10,11)12)18-16-17-19-28-27(13,14)21(3)20(2)24(4,5)6/h15-18,20-21,28H,19H2,1-14H3/b17-16-,22-15+,23-18+. The van der Waals surface area contributed by atoms with Gasteiger partial charge in [0.1, 0.15) is 0 Å². The first-order chi connectivity index (χ1) is 12.4. The smallest absolute Gasteiger partial charge is 0.0156 e. The van der Waals surface area contributed by atoms with E-state index in [1.165, 1.54) is 11.1 Å². The molecule has 0 aliphatic rings. The SMILES string of the molecule is C\C=C(/C(=C\C=C/CNC(C)(C)C(C)C(C)C(C)(C)C)C(C)(C)C)C(C)(C)C. The molecular weight excluding hydrogens is 338 g/mol. The van der Waals surface area contributed by atoms with Crippen LogP contribution in [0, 0.1) is 28.1 Å². The van der Waals surface area contributed by atoms with E-state index in [4.69, 9.17) is 0 Å². The molecule has 0 bridgehead atoms. The molecule has 1 N–H and O–H groups in total. The summed E-state index contributed by atoms with van der Waals surface area (Å²) in [5.41, 5.74) is 3.57. The molecule has 0 heterocycles. The Labute approximate surface area is 178 Å². The number of allylic oxidation sites excluding steroid dienone is 5. The Balaban J connectivity index is 5.28. The molecule has 0 saturated heterocycles. The Morgan fingerprint density at radius 1 is 0.750 bits per heavy atom. The summed E-state index contributed by atoms with van der Waals surface area (Å²) in [5, 5.41) is 3.77. The Bertz CT molecular complexity index is 565. The maximum Gasteiger partial charge on any atom is 0.0156 e. The second-order valence-electron chi connectivity index (χ2n) is 12.3. The highest BCUT2D eigenvalue weighted by molar-refractivity contribution is 5.40. The molecule has 0 aromatic rings. The molecule has 0 aliphatic carbocycles. The third kappa shape index (κ3) is 8.27. The summed E-state index contributed by atoms with van der Waals surface area (Å²) in [6.07, 6.45) is 9.09. The van der Waals surface area contributed by atoms with E-state index in [9.17, 15) is 0 Å². The Kier molecular flexibility index (Phi) is 9.50. The summed E-state index contributed by atoms with van der Waals surface area (Å²) in [6, 6.07) is 0. The zero-order chi connectivity index (χ0) is 22.6. The first-order valence-corrected chi connectivity index (χ1v) is 11.1. The van der Waals surface area contributed by atoms with Crippen LogP contribution in [-0.2, 0) is 0 Å².